The van der Waals surface area contributed by atoms with Crippen LogP contribution in [0.15, 0.2) is 18.2 Å². The molecule has 0 amide bonds. The van der Waals surface area contributed by atoms with E-state index < -0.39 is 0 Å². The first-order valence-electron chi connectivity index (χ1n) is 7.17. The molecule has 2 rings (SSSR count). The van der Waals surface area contributed by atoms with Crippen LogP contribution in [0.1, 0.15) is 42.1 Å². The number of ether oxygens (including phenoxy) is 1. The molecule has 19 heavy (non-hydrogen) atoms. The second-order valence-corrected chi connectivity index (χ2v) is 5.26. The highest BCUT2D eigenvalue weighted by molar-refractivity contribution is 5.85. The summed E-state index contributed by atoms with van der Waals surface area (Å²) in [7, 11) is 0. The van der Waals surface area contributed by atoms with Crippen LogP contribution >= 0.6 is 0 Å². The van der Waals surface area contributed by atoms with Gasteiger partial charge in [-0.2, -0.15) is 0 Å². The quantitative estimate of drug-likeness (QED) is 0.762. The number of rotatable bonds is 5. The van der Waals surface area contributed by atoms with Crippen molar-refractivity contribution >= 4 is 12.0 Å². The summed E-state index contributed by atoms with van der Waals surface area (Å²) in [5.41, 5.74) is 2.96. The Morgan fingerprint density at radius 1 is 1.47 bits per heavy atom. The van der Waals surface area contributed by atoms with Crippen LogP contribution in [0.4, 0.5) is 5.69 Å². The van der Waals surface area contributed by atoms with Crippen LogP contribution in [0.25, 0.3) is 0 Å². The number of nitrogens with zero attached hydrogens (tertiary/aromatic N) is 1. The number of carbonyl (C=O) groups is 1. The van der Waals surface area contributed by atoms with E-state index in [1.807, 2.05) is 13.0 Å². The number of carbonyl (C=O) groups excluding carboxylic acids is 1. The largest absolute Gasteiger partial charge is 0.376 e. The molecule has 0 aromatic heterocycles. The molecule has 0 N–H and O–H groups in total. The molecular weight excluding hydrogens is 238 g/mol. The van der Waals surface area contributed by atoms with Crippen LogP contribution in [0, 0.1) is 6.92 Å². The van der Waals surface area contributed by atoms with Crippen molar-refractivity contribution in [3.05, 3.63) is 29.3 Å². The lowest BCUT2D eigenvalue weighted by molar-refractivity contribution is 0.0440. The summed E-state index contributed by atoms with van der Waals surface area (Å²) in [4.78, 5) is 13.5. The number of piperidine rings is 1. The van der Waals surface area contributed by atoms with Gasteiger partial charge in [-0.3, -0.25) is 4.79 Å². The molecule has 1 aliphatic rings. The van der Waals surface area contributed by atoms with Crippen LogP contribution in [0.2, 0.25) is 0 Å². The summed E-state index contributed by atoms with van der Waals surface area (Å²) in [6, 6.07) is 6.08. The second kappa shape index (κ2) is 6.71. The molecule has 1 fully saturated rings. The van der Waals surface area contributed by atoms with Crippen molar-refractivity contribution < 1.29 is 9.53 Å². The normalized spacial score (nSPS) is 19.5. The fourth-order valence-electron chi connectivity index (χ4n) is 2.63. The Morgan fingerprint density at radius 2 is 2.32 bits per heavy atom. The maximum Gasteiger partial charge on any atom is 0.152 e. The highest BCUT2D eigenvalue weighted by Crippen LogP contribution is 2.25. The average Bonchev–Trinajstić information content (AvgIpc) is 2.45. The lowest BCUT2D eigenvalue weighted by atomic mass is 10.0. The number of aryl methyl sites for hydroxylation is 1. The van der Waals surface area contributed by atoms with E-state index in [1.54, 1.807) is 0 Å². The lowest BCUT2D eigenvalue weighted by Crippen LogP contribution is -2.40. The molecule has 1 saturated heterocycles. The predicted molar refractivity (Wildman–Crippen MR) is 78.0 cm³/mol. The lowest BCUT2D eigenvalue weighted by Gasteiger charge is -2.35. The fraction of sp³-hybridized carbons (Fsp3) is 0.562. The molecule has 1 atom stereocenters. The molecule has 1 aliphatic heterocycles. The van der Waals surface area contributed by atoms with Gasteiger partial charge < -0.3 is 9.64 Å². The molecular formula is C16H23NO2. The van der Waals surface area contributed by atoms with E-state index in [0.717, 1.165) is 62.1 Å². The predicted octanol–water partition coefficient (Wildman–Crippen LogP) is 3.20. The van der Waals surface area contributed by atoms with Gasteiger partial charge in [0.2, 0.25) is 0 Å². The van der Waals surface area contributed by atoms with Gasteiger partial charge in [-0.1, -0.05) is 18.6 Å². The third-order valence-corrected chi connectivity index (χ3v) is 3.59. The number of hydrogen-bond donors (Lipinski definition) is 0. The zero-order valence-electron chi connectivity index (χ0n) is 11.9. The minimum Gasteiger partial charge on any atom is -0.376 e. The molecule has 1 aromatic carbocycles. The van der Waals surface area contributed by atoms with Crippen LogP contribution in [0.3, 0.4) is 0 Å². The molecule has 3 heteroatoms. The van der Waals surface area contributed by atoms with E-state index in [9.17, 15) is 4.79 Å². The van der Waals surface area contributed by atoms with Crippen LogP contribution < -0.4 is 4.90 Å². The molecule has 0 radical (unpaired) electrons. The van der Waals surface area contributed by atoms with Gasteiger partial charge in [-0.25, -0.2) is 0 Å². The smallest absolute Gasteiger partial charge is 0.152 e. The van der Waals surface area contributed by atoms with E-state index in [-0.39, 0.29) is 0 Å². The summed E-state index contributed by atoms with van der Waals surface area (Å²) in [5, 5.41) is 0. The Bertz CT molecular complexity index is 431. The topological polar surface area (TPSA) is 29.5 Å². The number of hydrogen-bond acceptors (Lipinski definition) is 3. The molecule has 0 saturated carbocycles. The summed E-state index contributed by atoms with van der Waals surface area (Å²) in [6.07, 6.45) is 4.56. The van der Waals surface area contributed by atoms with Crippen molar-refractivity contribution in [3.63, 3.8) is 0 Å². The second-order valence-electron chi connectivity index (χ2n) is 5.26. The van der Waals surface area contributed by atoms with Gasteiger partial charge in [0.1, 0.15) is 0 Å². The maximum absolute atomic E-state index is 11.2. The van der Waals surface area contributed by atoms with Gasteiger partial charge in [-0.05, 0) is 38.3 Å². The molecule has 3 nitrogen and oxygen atoms in total. The van der Waals surface area contributed by atoms with E-state index >= 15 is 0 Å². The van der Waals surface area contributed by atoms with E-state index in [4.69, 9.17) is 4.74 Å². The summed E-state index contributed by atoms with van der Waals surface area (Å²) in [6.45, 7) is 6.87. The van der Waals surface area contributed by atoms with Gasteiger partial charge in [0.25, 0.3) is 0 Å². The third kappa shape index (κ3) is 3.57. The van der Waals surface area contributed by atoms with Gasteiger partial charge in [0.15, 0.2) is 6.29 Å². The van der Waals surface area contributed by atoms with Crippen LogP contribution in [-0.2, 0) is 4.74 Å². The summed E-state index contributed by atoms with van der Waals surface area (Å²) >= 11 is 0. The molecule has 1 unspecified atom stereocenters. The summed E-state index contributed by atoms with van der Waals surface area (Å²) < 4.78 is 5.85. The van der Waals surface area contributed by atoms with Gasteiger partial charge >= 0.3 is 0 Å². The summed E-state index contributed by atoms with van der Waals surface area (Å²) in [5.74, 6) is 0. The van der Waals surface area contributed by atoms with Crippen molar-refractivity contribution in [2.75, 3.05) is 24.6 Å². The van der Waals surface area contributed by atoms with E-state index in [1.165, 1.54) is 0 Å². The first kappa shape index (κ1) is 14.1. The monoisotopic (exact) mass is 261 g/mol. The molecule has 0 spiro atoms. The zero-order valence-corrected chi connectivity index (χ0v) is 11.9. The molecule has 0 aliphatic carbocycles. The van der Waals surface area contributed by atoms with Crippen molar-refractivity contribution in [1.82, 2.24) is 0 Å². The Balaban J connectivity index is 2.10. The minimum atomic E-state index is 0.300. The zero-order chi connectivity index (χ0) is 13.7. The first-order valence-corrected chi connectivity index (χ1v) is 7.17. The van der Waals surface area contributed by atoms with Gasteiger partial charge in [-0.15, -0.1) is 0 Å². The highest BCUT2D eigenvalue weighted by atomic mass is 16.5. The molecule has 0 bridgehead atoms. The first-order chi connectivity index (χ1) is 9.24. The number of benzene rings is 1. The SMILES string of the molecule is CCCOC1CCCN(c2ccc(C)cc2C=O)C1. The number of aldehydes is 1. The molecule has 104 valence electrons. The molecule has 1 heterocycles. The van der Waals surface area contributed by atoms with Crippen molar-refractivity contribution in [2.24, 2.45) is 0 Å². The Kier molecular flexibility index (Phi) is 4.97. The van der Waals surface area contributed by atoms with Crippen molar-refractivity contribution in [1.29, 1.82) is 0 Å². The Labute approximate surface area is 115 Å². The van der Waals surface area contributed by atoms with Crippen molar-refractivity contribution in [2.45, 2.75) is 39.2 Å². The number of anilines is 1. The minimum absolute atomic E-state index is 0.300. The third-order valence-electron chi connectivity index (χ3n) is 3.59. The maximum atomic E-state index is 11.2. The van der Waals surface area contributed by atoms with Crippen molar-refractivity contribution in [3.8, 4) is 0 Å². The molecule has 1 aromatic rings. The van der Waals surface area contributed by atoms with E-state index in [2.05, 4.69) is 24.0 Å². The highest BCUT2D eigenvalue weighted by Gasteiger charge is 2.22. The fourth-order valence-corrected chi connectivity index (χ4v) is 2.63. The van der Waals surface area contributed by atoms with Gasteiger partial charge in [0, 0.05) is 30.9 Å². The van der Waals surface area contributed by atoms with Crippen LogP contribution in [0.5, 0.6) is 0 Å². The van der Waals surface area contributed by atoms with E-state index in [0.29, 0.717) is 6.10 Å². The van der Waals surface area contributed by atoms with Crippen LogP contribution in [-0.4, -0.2) is 32.1 Å². The Hall–Kier alpha value is -1.35. The standard InChI is InChI=1S/C16H23NO2/c1-3-9-19-15-5-4-8-17(11-15)16-7-6-13(2)10-14(16)12-18/h6-7,10,12,15H,3-5,8-9,11H2,1-2H3. The average molecular weight is 261 g/mol. The van der Waals surface area contributed by atoms with Gasteiger partial charge in [0.05, 0.1) is 6.10 Å². The Morgan fingerprint density at radius 3 is 3.05 bits per heavy atom.